The number of nitrogens with one attached hydrogen (secondary N) is 1. The Balaban J connectivity index is 1.82. The van der Waals surface area contributed by atoms with Gasteiger partial charge >= 0.3 is 12.0 Å². The van der Waals surface area contributed by atoms with Crippen molar-refractivity contribution in [3.05, 3.63) is 29.8 Å². The van der Waals surface area contributed by atoms with Crippen LogP contribution < -0.4 is 10.1 Å². The second-order valence-corrected chi connectivity index (χ2v) is 6.90. The van der Waals surface area contributed by atoms with E-state index in [-0.39, 0.29) is 11.9 Å². The first-order valence-corrected chi connectivity index (χ1v) is 8.93. The lowest BCUT2D eigenvalue weighted by Gasteiger charge is -2.30. The highest BCUT2D eigenvalue weighted by molar-refractivity contribution is 5.75. The van der Waals surface area contributed by atoms with Crippen molar-refractivity contribution >= 4 is 12.0 Å². The largest absolute Gasteiger partial charge is 0.493 e. The Labute approximate surface area is 149 Å². The first-order valence-electron chi connectivity index (χ1n) is 8.93. The first-order chi connectivity index (χ1) is 12.0. The van der Waals surface area contributed by atoms with E-state index < -0.39 is 5.97 Å². The summed E-state index contributed by atoms with van der Waals surface area (Å²) in [7, 11) is 0. The van der Waals surface area contributed by atoms with Crippen LogP contribution in [-0.2, 0) is 11.3 Å². The van der Waals surface area contributed by atoms with Gasteiger partial charge < -0.3 is 20.1 Å². The predicted octanol–water partition coefficient (Wildman–Crippen LogP) is 3.12. The number of carbonyl (C=O) groups excluding carboxylic acids is 1. The Bertz CT molecular complexity index is 581. The Morgan fingerprint density at radius 1 is 1.28 bits per heavy atom. The van der Waals surface area contributed by atoms with E-state index in [1.807, 2.05) is 24.3 Å². The molecule has 0 aliphatic carbocycles. The molecular weight excluding hydrogens is 320 g/mol. The molecule has 1 saturated heterocycles. The summed E-state index contributed by atoms with van der Waals surface area (Å²) in [6.07, 6.45) is 2.01. The van der Waals surface area contributed by atoms with Gasteiger partial charge in [0, 0.05) is 25.2 Å². The van der Waals surface area contributed by atoms with Gasteiger partial charge in [0.1, 0.15) is 5.75 Å². The Kier molecular flexibility index (Phi) is 7.10. The lowest BCUT2D eigenvalue weighted by Crippen LogP contribution is -2.45. The van der Waals surface area contributed by atoms with Crippen LogP contribution in [-0.4, -0.2) is 41.7 Å². The molecule has 1 fully saturated rings. The molecule has 2 N–H and O–H groups in total. The van der Waals surface area contributed by atoms with Crippen LogP contribution in [0.15, 0.2) is 24.3 Å². The number of ether oxygens (including phenoxy) is 1. The third kappa shape index (κ3) is 5.96. The lowest BCUT2D eigenvalue weighted by molar-refractivity contribution is -0.143. The Morgan fingerprint density at radius 2 is 1.96 bits per heavy atom. The third-order valence-electron chi connectivity index (χ3n) is 4.49. The molecule has 1 aliphatic heterocycles. The highest BCUT2D eigenvalue weighted by Gasteiger charge is 2.26. The van der Waals surface area contributed by atoms with Gasteiger partial charge in [-0.15, -0.1) is 0 Å². The minimum atomic E-state index is -0.771. The maximum Gasteiger partial charge on any atom is 0.317 e. The number of carbonyl (C=O) groups is 2. The fourth-order valence-corrected chi connectivity index (χ4v) is 2.81. The first kappa shape index (κ1) is 19.1. The number of carboxylic acids is 1. The minimum Gasteiger partial charge on any atom is -0.493 e. The SMILES string of the molecule is CC(C)CCOc1ccccc1CNC(=O)N1CCC(C(=O)O)CC1. The number of hydrogen-bond donors (Lipinski definition) is 2. The molecule has 2 amide bonds. The summed E-state index contributed by atoms with van der Waals surface area (Å²) in [6.45, 7) is 6.33. The fourth-order valence-electron chi connectivity index (χ4n) is 2.81. The van der Waals surface area contributed by atoms with Crippen molar-refractivity contribution in [3.8, 4) is 5.75 Å². The standard InChI is InChI=1S/C19H28N2O4/c1-14(2)9-12-25-17-6-4-3-5-16(17)13-20-19(24)21-10-7-15(8-11-21)18(22)23/h3-6,14-15H,7-13H2,1-2H3,(H,20,24)(H,22,23). The molecule has 0 spiro atoms. The van der Waals surface area contributed by atoms with E-state index in [2.05, 4.69) is 19.2 Å². The number of nitrogens with zero attached hydrogens (tertiary/aromatic N) is 1. The van der Waals surface area contributed by atoms with Crippen molar-refractivity contribution in [2.24, 2.45) is 11.8 Å². The van der Waals surface area contributed by atoms with Crippen molar-refractivity contribution in [1.29, 1.82) is 0 Å². The van der Waals surface area contributed by atoms with Crippen molar-refractivity contribution in [2.75, 3.05) is 19.7 Å². The summed E-state index contributed by atoms with van der Waals surface area (Å²) >= 11 is 0. The number of rotatable bonds is 7. The van der Waals surface area contributed by atoms with Gasteiger partial charge in [-0.2, -0.15) is 0 Å². The number of amides is 2. The second kappa shape index (κ2) is 9.30. The third-order valence-corrected chi connectivity index (χ3v) is 4.49. The average molecular weight is 348 g/mol. The van der Waals surface area contributed by atoms with Gasteiger partial charge in [-0.25, -0.2) is 4.79 Å². The van der Waals surface area contributed by atoms with Gasteiger partial charge in [0.15, 0.2) is 0 Å². The Morgan fingerprint density at radius 3 is 2.60 bits per heavy atom. The van der Waals surface area contributed by atoms with E-state index in [1.54, 1.807) is 4.90 Å². The number of benzene rings is 1. The molecule has 0 saturated carbocycles. The van der Waals surface area contributed by atoms with Gasteiger partial charge in [-0.3, -0.25) is 4.79 Å². The van der Waals surface area contributed by atoms with Crippen LogP contribution in [0.2, 0.25) is 0 Å². The molecule has 0 unspecified atom stereocenters. The molecule has 1 aromatic rings. The molecule has 138 valence electrons. The van der Waals surface area contributed by atoms with E-state index in [0.717, 1.165) is 17.7 Å². The topological polar surface area (TPSA) is 78.9 Å². The molecule has 6 heteroatoms. The zero-order valence-corrected chi connectivity index (χ0v) is 15.0. The van der Waals surface area contributed by atoms with Crippen LogP contribution in [0.4, 0.5) is 4.79 Å². The molecule has 2 rings (SSSR count). The number of para-hydroxylation sites is 1. The van der Waals surface area contributed by atoms with E-state index >= 15 is 0 Å². The van der Waals surface area contributed by atoms with Gasteiger partial charge in [0.2, 0.25) is 0 Å². The quantitative estimate of drug-likeness (QED) is 0.793. The van der Waals surface area contributed by atoms with Crippen molar-refractivity contribution in [3.63, 3.8) is 0 Å². The molecule has 1 aromatic carbocycles. The molecule has 6 nitrogen and oxygen atoms in total. The summed E-state index contributed by atoms with van der Waals surface area (Å²) in [4.78, 5) is 24.9. The monoisotopic (exact) mass is 348 g/mol. The number of hydrogen-bond acceptors (Lipinski definition) is 3. The van der Waals surface area contributed by atoms with E-state index in [4.69, 9.17) is 9.84 Å². The zero-order valence-electron chi connectivity index (χ0n) is 15.0. The summed E-state index contributed by atoms with van der Waals surface area (Å²) < 4.78 is 5.84. The zero-order chi connectivity index (χ0) is 18.2. The van der Waals surface area contributed by atoms with E-state index in [1.165, 1.54) is 0 Å². The van der Waals surface area contributed by atoms with Gasteiger partial charge in [0.25, 0.3) is 0 Å². The molecule has 1 heterocycles. The molecule has 0 aromatic heterocycles. The highest BCUT2D eigenvalue weighted by atomic mass is 16.5. The minimum absolute atomic E-state index is 0.152. The normalized spacial score (nSPS) is 15.2. The molecule has 0 atom stereocenters. The van der Waals surface area contributed by atoms with Crippen LogP contribution in [0.5, 0.6) is 5.75 Å². The van der Waals surface area contributed by atoms with Crippen molar-refractivity contribution < 1.29 is 19.4 Å². The average Bonchev–Trinajstić information content (AvgIpc) is 2.60. The van der Waals surface area contributed by atoms with Gasteiger partial charge in [0.05, 0.1) is 12.5 Å². The summed E-state index contributed by atoms with van der Waals surface area (Å²) in [6, 6.07) is 7.56. The summed E-state index contributed by atoms with van der Waals surface area (Å²) in [5.74, 6) is 0.278. The number of piperidine rings is 1. The molecular formula is C19H28N2O4. The van der Waals surface area contributed by atoms with Crippen molar-refractivity contribution in [1.82, 2.24) is 10.2 Å². The van der Waals surface area contributed by atoms with Crippen LogP contribution in [0.25, 0.3) is 0 Å². The number of likely N-dealkylation sites (tertiary alicyclic amines) is 1. The molecule has 1 aliphatic rings. The highest BCUT2D eigenvalue weighted by Crippen LogP contribution is 2.20. The molecule has 25 heavy (non-hydrogen) atoms. The Hall–Kier alpha value is -2.24. The predicted molar refractivity (Wildman–Crippen MR) is 95.6 cm³/mol. The van der Waals surface area contributed by atoms with Crippen LogP contribution in [0.3, 0.4) is 0 Å². The van der Waals surface area contributed by atoms with Crippen molar-refractivity contribution in [2.45, 2.75) is 39.7 Å². The van der Waals surface area contributed by atoms with Gasteiger partial charge in [-0.1, -0.05) is 32.0 Å². The lowest BCUT2D eigenvalue weighted by atomic mass is 9.97. The van der Waals surface area contributed by atoms with E-state index in [9.17, 15) is 9.59 Å². The van der Waals surface area contributed by atoms with Crippen LogP contribution >= 0.6 is 0 Å². The number of carboxylic acid groups (broad SMARTS) is 1. The maximum absolute atomic E-state index is 12.3. The smallest absolute Gasteiger partial charge is 0.317 e. The molecule has 0 bridgehead atoms. The van der Waals surface area contributed by atoms with Crippen LogP contribution in [0, 0.1) is 11.8 Å². The van der Waals surface area contributed by atoms with Crippen LogP contribution in [0.1, 0.15) is 38.7 Å². The summed E-state index contributed by atoms with van der Waals surface area (Å²) in [5.41, 5.74) is 0.944. The molecule has 0 radical (unpaired) electrons. The number of aliphatic carboxylic acids is 1. The number of urea groups is 1. The fraction of sp³-hybridized carbons (Fsp3) is 0.579. The second-order valence-electron chi connectivity index (χ2n) is 6.90. The summed E-state index contributed by atoms with van der Waals surface area (Å²) in [5, 5.41) is 11.9. The van der Waals surface area contributed by atoms with Gasteiger partial charge in [-0.05, 0) is 31.2 Å². The van der Waals surface area contributed by atoms with E-state index in [0.29, 0.717) is 45.0 Å². The maximum atomic E-state index is 12.3.